The van der Waals surface area contributed by atoms with E-state index < -0.39 is 11.6 Å². The summed E-state index contributed by atoms with van der Waals surface area (Å²) in [6.45, 7) is 2.61. The summed E-state index contributed by atoms with van der Waals surface area (Å²) in [5, 5.41) is 0. The highest BCUT2D eigenvalue weighted by molar-refractivity contribution is 9.10. The number of ether oxygens (including phenoxy) is 2. The number of hydrogen-bond acceptors (Lipinski definition) is 3. The number of allylic oxidation sites excluding steroid dienone is 1. The van der Waals surface area contributed by atoms with Crippen molar-refractivity contribution in [2.24, 2.45) is 0 Å². The minimum atomic E-state index is -0.761. The second-order valence-corrected chi connectivity index (χ2v) is 6.08. The van der Waals surface area contributed by atoms with Crippen LogP contribution in [0.2, 0.25) is 0 Å². The Bertz CT molecular complexity index is 598. The standard InChI is InChI=1S/C16H18BrF2NO3/c1-3-20-14(5-4-11(17)16(20)21)15-12(18)8-10(9-13(15)19)23-7-6-22-2/h5,8-9,11H,3-4,6-7H2,1-2H3. The smallest absolute Gasteiger partial charge is 0.241 e. The van der Waals surface area contributed by atoms with Crippen LogP contribution < -0.4 is 4.74 Å². The van der Waals surface area contributed by atoms with Crippen molar-refractivity contribution < 1.29 is 23.0 Å². The van der Waals surface area contributed by atoms with Crippen molar-refractivity contribution in [3.8, 4) is 5.75 Å². The van der Waals surface area contributed by atoms with Crippen molar-refractivity contribution >= 4 is 27.5 Å². The molecule has 0 N–H and O–H groups in total. The quantitative estimate of drug-likeness (QED) is 0.553. The Balaban J connectivity index is 2.34. The summed E-state index contributed by atoms with van der Waals surface area (Å²) >= 11 is 3.26. The minimum Gasteiger partial charge on any atom is -0.491 e. The van der Waals surface area contributed by atoms with Crippen LogP contribution in [0.1, 0.15) is 18.9 Å². The fourth-order valence-corrected chi connectivity index (χ4v) is 2.83. The Morgan fingerprint density at radius 2 is 1.96 bits per heavy atom. The molecular weight excluding hydrogens is 372 g/mol. The van der Waals surface area contributed by atoms with Gasteiger partial charge in [-0.05, 0) is 13.3 Å². The molecule has 7 heteroatoms. The third-order valence-corrected chi connectivity index (χ3v) is 4.25. The van der Waals surface area contributed by atoms with E-state index in [1.165, 1.54) is 12.0 Å². The van der Waals surface area contributed by atoms with E-state index in [-0.39, 0.29) is 34.4 Å². The van der Waals surface area contributed by atoms with Gasteiger partial charge in [0.2, 0.25) is 5.91 Å². The first-order valence-corrected chi connectivity index (χ1v) is 8.17. The topological polar surface area (TPSA) is 38.8 Å². The average Bonchev–Trinajstić information content (AvgIpc) is 2.50. The highest BCUT2D eigenvalue weighted by Gasteiger charge is 2.31. The number of halogens is 3. The maximum atomic E-state index is 14.4. The lowest BCUT2D eigenvalue weighted by Crippen LogP contribution is -2.38. The molecule has 2 rings (SSSR count). The zero-order chi connectivity index (χ0) is 17.0. The molecule has 0 bridgehead atoms. The monoisotopic (exact) mass is 389 g/mol. The molecule has 1 aromatic carbocycles. The third-order valence-electron chi connectivity index (χ3n) is 3.49. The zero-order valence-corrected chi connectivity index (χ0v) is 14.5. The Morgan fingerprint density at radius 1 is 1.30 bits per heavy atom. The largest absolute Gasteiger partial charge is 0.491 e. The predicted octanol–water partition coefficient (Wildman–Crippen LogP) is 3.35. The Hall–Kier alpha value is -1.47. The summed E-state index contributed by atoms with van der Waals surface area (Å²) < 4.78 is 38.8. The number of nitrogens with zero attached hydrogens (tertiary/aromatic N) is 1. The number of benzene rings is 1. The van der Waals surface area contributed by atoms with Gasteiger partial charge in [-0.3, -0.25) is 4.79 Å². The lowest BCUT2D eigenvalue weighted by Gasteiger charge is -2.30. The van der Waals surface area contributed by atoms with Crippen LogP contribution in [-0.4, -0.2) is 42.5 Å². The zero-order valence-electron chi connectivity index (χ0n) is 12.9. The number of alkyl halides is 1. The van der Waals surface area contributed by atoms with E-state index in [9.17, 15) is 13.6 Å². The Morgan fingerprint density at radius 3 is 2.52 bits per heavy atom. The third kappa shape index (κ3) is 3.90. The second-order valence-electron chi connectivity index (χ2n) is 4.98. The van der Waals surface area contributed by atoms with Gasteiger partial charge in [-0.2, -0.15) is 0 Å². The van der Waals surface area contributed by atoms with E-state index in [1.807, 2.05) is 0 Å². The molecule has 0 fully saturated rings. The number of carbonyl (C=O) groups excluding carboxylic acids is 1. The van der Waals surface area contributed by atoms with Gasteiger partial charge in [0.1, 0.15) is 24.0 Å². The van der Waals surface area contributed by atoms with Gasteiger partial charge in [-0.25, -0.2) is 8.78 Å². The van der Waals surface area contributed by atoms with Gasteiger partial charge >= 0.3 is 0 Å². The first kappa shape index (κ1) is 17.9. The van der Waals surface area contributed by atoms with Crippen LogP contribution in [0.15, 0.2) is 18.2 Å². The molecule has 23 heavy (non-hydrogen) atoms. The van der Waals surface area contributed by atoms with Gasteiger partial charge in [0.05, 0.1) is 22.7 Å². The molecule has 0 radical (unpaired) electrons. The van der Waals surface area contributed by atoms with Gasteiger partial charge < -0.3 is 14.4 Å². The fourth-order valence-electron chi connectivity index (χ4n) is 2.40. The predicted molar refractivity (Wildman–Crippen MR) is 86.4 cm³/mol. The van der Waals surface area contributed by atoms with Crippen LogP contribution in [0.25, 0.3) is 5.70 Å². The van der Waals surface area contributed by atoms with Crippen LogP contribution in [0, 0.1) is 11.6 Å². The molecule has 0 aromatic heterocycles. The molecule has 1 amide bonds. The molecule has 0 spiro atoms. The number of hydrogen-bond donors (Lipinski definition) is 0. The summed E-state index contributed by atoms with van der Waals surface area (Å²) in [6.07, 6.45) is 2.05. The lowest BCUT2D eigenvalue weighted by molar-refractivity contribution is -0.127. The van der Waals surface area contributed by atoms with Crippen molar-refractivity contribution in [3.05, 3.63) is 35.4 Å². The van der Waals surface area contributed by atoms with Crippen LogP contribution >= 0.6 is 15.9 Å². The molecule has 0 aliphatic carbocycles. The molecule has 126 valence electrons. The van der Waals surface area contributed by atoms with Crippen molar-refractivity contribution in [2.75, 3.05) is 26.9 Å². The first-order chi connectivity index (χ1) is 11.0. The van der Waals surface area contributed by atoms with E-state index in [0.29, 0.717) is 19.6 Å². The highest BCUT2D eigenvalue weighted by atomic mass is 79.9. The summed E-state index contributed by atoms with van der Waals surface area (Å²) in [5.41, 5.74) is 0.0466. The molecule has 0 saturated carbocycles. The molecule has 1 aliphatic rings. The summed E-state index contributed by atoms with van der Waals surface area (Å²) in [6, 6.07) is 2.24. The van der Waals surface area contributed by atoms with Gasteiger partial charge in [0, 0.05) is 25.8 Å². The van der Waals surface area contributed by atoms with Crippen LogP contribution in [0.3, 0.4) is 0 Å². The van der Waals surface area contributed by atoms with E-state index in [4.69, 9.17) is 9.47 Å². The number of amides is 1. The lowest BCUT2D eigenvalue weighted by atomic mass is 10.0. The maximum Gasteiger partial charge on any atom is 0.241 e. The van der Waals surface area contributed by atoms with E-state index in [1.54, 1.807) is 13.0 Å². The summed E-state index contributed by atoms with van der Waals surface area (Å²) in [5.74, 6) is -1.64. The first-order valence-electron chi connectivity index (χ1n) is 7.26. The average molecular weight is 390 g/mol. The summed E-state index contributed by atoms with van der Waals surface area (Å²) in [7, 11) is 1.51. The highest BCUT2D eigenvalue weighted by Crippen LogP contribution is 2.33. The summed E-state index contributed by atoms with van der Waals surface area (Å²) in [4.78, 5) is 13.2. The van der Waals surface area contributed by atoms with Crippen molar-refractivity contribution in [1.29, 1.82) is 0 Å². The molecule has 4 nitrogen and oxygen atoms in total. The molecule has 1 aliphatic heterocycles. The molecule has 1 heterocycles. The van der Waals surface area contributed by atoms with Crippen molar-refractivity contribution in [1.82, 2.24) is 4.90 Å². The van der Waals surface area contributed by atoms with Crippen molar-refractivity contribution in [2.45, 2.75) is 18.2 Å². The Labute approximate surface area is 142 Å². The molecular formula is C16H18BrF2NO3. The molecule has 0 saturated heterocycles. The maximum absolute atomic E-state index is 14.4. The number of methoxy groups -OCH3 is 1. The van der Waals surface area contributed by atoms with Crippen LogP contribution in [-0.2, 0) is 9.53 Å². The molecule has 1 atom stereocenters. The molecule has 1 unspecified atom stereocenters. The van der Waals surface area contributed by atoms with Gasteiger partial charge in [-0.15, -0.1) is 0 Å². The molecule has 1 aromatic rings. The van der Waals surface area contributed by atoms with Gasteiger partial charge in [0.15, 0.2) is 0 Å². The minimum absolute atomic E-state index is 0.0879. The SMILES string of the molecule is CCN1C(=O)C(Br)CC=C1c1c(F)cc(OCCOC)cc1F. The van der Waals surface area contributed by atoms with Gasteiger partial charge in [0.25, 0.3) is 0 Å². The second kappa shape index (κ2) is 7.88. The van der Waals surface area contributed by atoms with Crippen molar-refractivity contribution in [3.63, 3.8) is 0 Å². The number of rotatable bonds is 6. The number of carbonyl (C=O) groups is 1. The van der Waals surface area contributed by atoms with E-state index in [0.717, 1.165) is 12.1 Å². The van der Waals surface area contributed by atoms with Gasteiger partial charge in [-0.1, -0.05) is 22.0 Å². The van der Waals surface area contributed by atoms with Crippen LogP contribution in [0.5, 0.6) is 5.75 Å². The van der Waals surface area contributed by atoms with Crippen LogP contribution in [0.4, 0.5) is 8.78 Å². The van der Waals surface area contributed by atoms with E-state index in [2.05, 4.69) is 15.9 Å². The normalized spacial score (nSPS) is 18.1. The Kier molecular flexibility index (Phi) is 6.12. The fraction of sp³-hybridized carbons (Fsp3) is 0.438. The van der Waals surface area contributed by atoms with E-state index >= 15 is 0 Å².